The molecule has 1 aliphatic carbocycles. The van der Waals surface area contributed by atoms with E-state index in [0.717, 1.165) is 44.7 Å². The van der Waals surface area contributed by atoms with Crippen molar-refractivity contribution >= 4 is 27.2 Å². The van der Waals surface area contributed by atoms with Crippen LogP contribution in [0.15, 0.2) is 78.9 Å². The highest BCUT2D eigenvalue weighted by Crippen LogP contribution is 2.40. The van der Waals surface area contributed by atoms with Crippen LogP contribution in [0, 0.1) is 0 Å². The number of ketones is 1. The molecule has 1 fully saturated rings. The third kappa shape index (κ3) is 3.78. The standard InChI is InChI=1S/C27H24O2S/c28-26(20-15-17-22(18-16-20)29-21-11-5-2-6-12-21)27-25(19-9-3-1-4-10-19)23-13-7-8-14-24(23)30-27/h1,3-4,7-10,13-18,21H,2,5-6,11-12H2. The number of carbonyl (C=O) groups is 1. The zero-order valence-corrected chi connectivity index (χ0v) is 17.7. The highest BCUT2D eigenvalue weighted by molar-refractivity contribution is 7.21. The summed E-state index contributed by atoms with van der Waals surface area (Å²) in [5.74, 6) is 0.928. The summed E-state index contributed by atoms with van der Waals surface area (Å²) in [4.78, 5) is 14.3. The molecule has 150 valence electrons. The lowest BCUT2D eigenvalue weighted by Crippen LogP contribution is -2.19. The second-order valence-corrected chi connectivity index (χ2v) is 8.95. The van der Waals surface area contributed by atoms with E-state index in [1.165, 1.54) is 19.3 Å². The van der Waals surface area contributed by atoms with E-state index in [4.69, 9.17) is 4.74 Å². The predicted molar refractivity (Wildman–Crippen MR) is 125 cm³/mol. The first-order chi connectivity index (χ1) is 14.8. The van der Waals surface area contributed by atoms with E-state index < -0.39 is 0 Å². The van der Waals surface area contributed by atoms with Gasteiger partial charge in [-0.15, -0.1) is 11.3 Å². The fraction of sp³-hybridized carbons (Fsp3) is 0.222. The van der Waals surface area contributed by atoms with Gasteiger partial charge in [0.25, 0.3) is 0 Å². The first-order valence-corrected chi connectivity index (χ1v) is 11.5. The summed E-state index contributed by atoms with van der Waals surface area (Å²) in [5, 5.41) is 1.13. The monoisotopic (exact) mass is 412 g/mol. The Morgan fingerprint density at radius 2 is 1.50 bits per heavy atom. The maximum absolute atomic E-state index is 13.5. The van der Waals surface area contributed by atoms with E-state index in [0.29, 0.717) is 11.7 Å². The van der Waals surface area contributed by atoms with E-state index in [1.807, 2.05) is 54.6 Å². The normalized spacial score (nSPS) is 14.7. The summed E-state index contributed by atoms with van der Waals surface area (Å²) in [6.07, 6.45) is 6.37. The Balaban J connectivity index is 1.47. The molecule has 1 heterocycles. The topological polar surface area (TPSA) is 26.3 Å². The van der Waals surface area contributed by atoms with Crippen molar-refractivity contribution in [2.45, 2.75) is 38.2 Å². The first-order valence-electron chi connectivity index (χ1n) is 10.7. The minimum atomic E-state index is 0.0688. The lowest BCUT2D eigenvalue weighted by Gasteiger charge is -2.23. The number of hydrogen-bond donors (Lipinski definition) is 0. The Kier molecular flexibility index (Phi) is 5.37. The molecule has 0 saturated heterocycles. The van der Waals surface area contributed by atoms with Crippen LogP contribution in [-0.2, 0) is 0 Å². The molecule has 0 aliphatic heterocycles. The number of fused-ring (bicyclic) bond motifs is 1. The highest BCUT2D eigenvalue weighted by Gasteiger charge is 2.21. The minimum Gasteiger partial charge on any atom is -0.490 e. The molecule has 4 aromatic rings. The maximum Gasteiger partial charge on any atom is 0.203 e. The van der Waals surface area contributed by atoms with Gasteiger partial charge in [-0.25, -0.2) is 0 Å². The molecule has 0 amide bonds. The summed E-state index contributed by atoms with van der Waals surface area (Å²) in [7, 11) is 0. The van der Waals surface area contributed by atoms with Crippen molar-refractivity contribution < 1.29 is 9.53 Å². The first kappa shape index (κ1) is 19.1. The molecule has 1 saturated carbocycles. The molecule has 30 heavy (non-hydrogen) atoms. The second kappa shape index (κ2) is 8.45. The largest absolute Gasteiger partial charge is 0.490 e. The quantitative estimate of drug-likeness (QED) is 0.317. The Bertz CT molecular complexity index is 1150. The maximum atomic E-state index is 13.5. The summed E-state index contributed by atoms with van der Waals surface area (Å²) >= 11 is 1.57. The highest BCUT2D eigenvalue weighted by atomic mass is 32.1. The Morgan fingerprint density at radius 3 is 2.27 bits per heavy atom. The van der Waals surface area contributed by atoms with Crippen molar-refractivity contribution in [3.8, 4) is 16.9 Å². The third-order valence-electron chi connectivity index (χ3n) is 5.84. The number of ether oxygens (including phenoxy) is 1. The van der Waals surface area contributed by atoms with E-state index in [1.54, 1.807) is 11.3 Å². The van der Waals surface area contributed by atoms with Crippen molar-refractivity contribution in [2.24, 2.45) is 0 Å². The third-order valence-corrected chi connectivity index (χ3v) is 7.01. The molecule has 3 heteroatoms. The molecule has 0 N–H and O–H groups in total. The second-order valence-electron chi connectivity index (χ2n) is 7.90. The van der Waals surface area contributed by atoms with Gasteiger partial charge >= 0.3 is 0 Å². The number of carbonyl (C=O) groups excluding carboxylic acids is 1. The van der Waals surface area contributed by atoms with Gasteiger partial charge in [-0.05, 0) is 61.6 Å². The van der Waals surface area contributed by atoms with Crippen LogP contribution in [0.25, 0.3) is 21.2 Å². The molecular formula is C27H24O2S. The van der Waals surface area contributed by atoms with E-state index in [-0.39, 0.29) is 5.78 Å². The summed E-state index contributed by atoms with van der Waals surface area (Å²) in [6, 6.07) is 26.1. The molecule has 3 aromatic carbocycles. The van der Waals surface area contributed by atoms with Gasteiger partial charge in [0.2, 0.25) is 5.78 Å². The smallest absolute Gasteiger partial charge is 0.203 e. The fourth-order valence-electron chi connectivity index (χ4n) is 4.29. The van der Waals surface area contributed by atoms with Crippen LogP contribution < -0.4 is 4.74 Å². The zero-order valence-electron chi connectivity index (χ0n) is 16.8. The van der Waals surface area contributed by atoms with Gasteiger partial charge in [-0.3, -0.25) is 4.79 Å². The van der Waals surface area contributed by atoms with Crippen molar-refractivity contribution in [3.63, 3.8) is 0 Å². The lowest BCUT2D eigenvalue weighted by atomic mass is 9.97. The molecule has 0 spiro atoms. The van der Waals surface area contributed by atoms with Gasteiger partial charge in [0, 0.05) is 21.2 Å². The van der Waals surface area contributed by atoms with Gasteiger partial charge < -0.3 is 4.74 Å². The summed E-state index contributed by atoms with van der Waals surface area (Å²) < 4.78 is 7.26. The number of rotatable bonds is 5. The average Bonchev–Trinajstić information content (AvgIpc) is 3.20. The molecule has 0 bridgehead atoms. The Morgan fingerprint density at radius 1 is 0.800 bits per heavy atom. The van der Waals surface area contributed by atoms with Gasteiger partial charge in [0.05, 0.1) is 11.0 Å². The van der Waals surface area contributed by atoms with Crippen LogP contribution in [0.1, 0.15) is 47.3 Å². The van der Waals surface area contributed by atoms with Crippen LogP contribution in [-0.4, -0.2) is 11.9 Å². The molecule has 2 nitrogen and oxygen atoms in total. The molecule has 1 aliphatic rings. The number of hydrogen-bond acceptors (Lipinski definition) is 3. The van der Waals surface area contributed by atoms with Crippen molar-refractivity contribution in [1.29, 1.82) is 0 Å². The molecule has 0 unspecified atom stereocenters. The van der Waals surface area contributed by atoms with Crippen LogP contribution in [0.5, 0.6) is 5.75 Å². The van der Waals surface area contributed by atoms with Crippen molar-refractivity contribution in [2.75, 3.05) is 0 Å². The molecule has 5 rings (SSSR count). The molecule has 0 atom stereocenters. The molecule has 1 aromatic heterocycles. The van der Waals surface area contributed by atoms with Crippen molar-refractivity contribution in [3.05, 3.63) is 89.3 Å². The van der Waals surface area contributed by atoms with Crippen molar-refractivity contribution in [1.82, 2.24) is 0 Å². The van der Waals surface area contributed by atoms with Crippen LogP contribution >= 0.6 is 11.3 Å². The van der Waals surface area contributed by atoms with Gasteiger partial charge in [0.15, 0.2) is 0 Å². The molecule has 0 radical (unpaired) electrons. The SMILES string of the molecule is O=C(c1ccc(OC2CCCCC2)cc1)c1sc2ccccc2c1-c1ccccc1. The fourth-order valence-corrected chi connectivity index (χ4v) is 5.48. The van der Waals surface area contributed by atoms with Gasteiger partial charge in [0.1, 0.15) is 5.75 Å². The number of thiophene rings is 1. The van der Waals surface area contributed by atoms with Crippen LogP contribution in [0.3, 0.4) is 0 Å². The lowest BCUT2D eigenvalue weighted by molar-refractivity contribution is 0.104. The van der Waals surface area contributed by atoms with Gasteiger partial charge in [-0.2, -0.15) is 0 Å². The zero-order chi connectivity index (χ0) is 20.3. The van der Waals surface area contributed by atoms with E-state index >= 15 is 0 Å². The number of benzene rings is 3. The van der Waals surface area contributed by atoms with E-state index in [2.05, 4.69) is 24.3 Å². The van der Waals surface area contributed by atoms with E-state index in [9.17, 15) is 4.79 Å². The average molecular weight is 413 g/mol. The summed E-state index contributed by atoms with van der Waals surface area (Å²) in [6.45, 7) is 0. The van der Waals surface area contributed by atoms with Crippen LogP contribution in [0.4, 0.5) is 0 Å². The minimum absolute atomic E-state index is 0.0688. The van der Waals surface area contributed by atoms with Gasteiger partial charge in [-0.1, -0.05) is 55.0 Å². The Hall–Kier alpha value is -2.91. The van der Waals surface area contributed by atoms with Crippen LogP contribution in [0.2, 0.25) is 0 Å². The molecular weight excluding hydrogens is 388 g/mol. The predicted octanol–water partition coefficient (Wildman–Crippen LogP) is 7.51. The summed E-state index contributed by atoms with van der Waals surface area (Å²) in [5.41, 5.74) is 2.81. The Labute approximate surface area is 181 Å².